The first-order chi connectivity index (χ1) is 11.0. The smallest absolute Gasteiger partial charge is 0.263 e. The molecular formula is C17H24N4OS. The quantitative estimate of drug-likeness (QED) is 0.868. The summed E-state index contributed by atoms with van der Waals surface area (Å²) >= 11 is 1.54. The van der Waals surface area contributed by atoms with E-state index in [1.165, 1.54) is 11.3 Å². The van der Waals surface area contributed by atoms with Crippen LogP contribution in [0.15, 0.2) is 18.2 Å². The summed E-state index contributed by atoms with van der Waals surface area (Å²) < 4.78 is 1.86. The molecule has 0 aliphatic carbocycles. The highest BCUT2D eigenvalue weighted by Crippen LogP contribution is 2.29. The maximum Gasteiger partial charge on any atom is 0.263 e. The molecule has 6 heteroatoms. The number of amides is 1. The summed E-state index contributed by atoms with van der Waals surface area (Å²) in [6.45, 7) is 3.72. The van der Waals surface area contributed by atoms with Crippen LogP contribution in [-0.4, -0.2) is 58.7 Å². The molecule has 2 aromatic heterocycles. The largest absolute Gasteiger partial charge is 0.338 e. The number of aryl methyl sites for hydroxylation is 2. The zero-order valence-corrected chi connectivity index (χ0v) is 15.1. The molecule has 1 aliphatic rings. The van der Waals surface area contributed by atoms with Gasteiger partial charge in [0.2, 0.25) is 0 Å². The third-order valence-electron chi connectivity index (χ3n) is 4.67. The van der Waals surface area contributed by atoms with Crippen LogP contribution in [0.5, 0.6) is 0 Å². The second-order valence-corrected chi connectivity index (χ2v) is 7.53. The van der Waals surface area contributed by atoms with Crippen LogP contribution in [0.2, 0.25) is 0 Å². The number of hydrogen-bond acceptors (Lipinski definition) is 4. The topological polar surface area (TPSA) is 41.4 Å². The number of hydrogen-bond donors (Lipinski definition) is 0. The van der Waals surface area contributed by atoms with E-state index in [0.29, 0.717) is 6.04 Å². The second-order valence-electron chi connectivity index (χ2n) is 6.45. The van der Waals surface area contributed by atoms with Crippen molar-refractivity contribution in [3.8, 4) is 10.6 Å². The van der Waals surface area contributed by atoms with Crippen LogP contribution in [0, 0.1) is 6.92 Å². The van der Waals surface area contributed by atoms with Crippen LogP contribution < -0.4 is 0 Å². The number of carbonyl (C=O) groups is 1. The summed E-state index contributed by atoms with van der Waals surface area (Å²) in [6, 6.07) is 6.59. The first-order valence-electron chi connectivity index (χ1n) is 8.02. The van der Waals surface area contributed by atoms with Gasteiger partial charge < -0.3 is 9.80 Å². The van der Waals surface area contributed by atoms with E-state index in [-0.39, 0.29) is 5.91 Å². The van der Waals surface area contributed by atoms with E-state index in [9.17, 15) is 4.79 Å². The van der Waals surface area contributed by atoms with E-state index in [1.807, 2.05) is 35.7 Å². The number of aromatic nitrogens is 2. The SMILES string of the molecule is Cc1cc(-c2ccc(C(=O)N3CCC(N(C)C)CC3)s2)nn1C. The van der Waals surface area contributed by atoms with Gasteiger partial charge >= 0.3 is 0 Å². The van der Waals surface area contributed by atoms with Gasteiger partial charge in [-0.05, 0) is 52.1 Å². The van der Waals surface area contributed by atoms with E-state index >= 15 is 0 Å². The molecule has 0 radical (unpaired) electrons. The lowest BCUT2D eigenvalue weighted by atomic mass is 10.0. The monoisotopic (exact) mass is 332 g/mol. The minimum Gasteiger partial charge on any atom is -0.338 e. The fourth-order valence-electron chi connectivity index (χ4n) is 3.01. The van der Waals surface area contributed by atoms with Crippen molar-refractivity contribution in [2.24, 2.45) is 7.05 Å². The number of piperidine rings is 1. The highest BCUT2D eigenvalue weighted by Gasteiger charge is 2.25. The minimum atomic E-state index is 0.158. The van der Waals surface area contributed by atoms with Crippen molar-refractivity contribution in [3.05, 3.63) is 28.8 Å². The Morgan fingerprint density at radius 3 is 2.57 bits per heavy atom. The maximum absolute atomic E-state index is 12.7. The Morgan fingerprint density at radius 1 is 1.30 bits per heavy atom. The Kier molecular flexibility index (Phi) is 4.55. The normalized spacial score (nSPS) is 16.3. The Balaban J connectivity index is 1.69. The summed E-state index contributed by atoms with van der Waals surface area (Å²) in [7, 11) is 6.17. The van der Waals surface area contributed by atoms with Gasteiger partial charge in [0.1, 0.15) is 5.69 Å². The summed E-state index contributed by atoms with van der Waals surface area (Å²) in [4.78, 5) is 18.8. The molecule has 124 valence electrons. The van der Waals surface area contributed by atoms with Crippen molar-refractivity contribution in [1.29, 1.82) is 0 Å². The zero-order chi connectivity index (χ0) is 16.6. The van der Waals surface area contributed by atoms with Crippen LogP contribution in [0.4, 0.5) is 0 Å². The first kappa shape index (κ1) is 16.2. The fourth-order valence-corrected chi connectivity index (χ4v) is 3.94. The third-order valence-corrected chi connectivity index (χ3v) is 5.76. The Labute approximate surface area is 141 Å². The molecule has 1 saturated heterocycles. The van der Waals surface area contributed by atoms with E-state index in [0.717, 1.165) is 47.1 Å². The molecule has 1 fully saturated rings. The average Bonchev–Trinajstić information content (AvgIpc) is 3.14. The van der Waals surface area contributed by atoms with Crippen LogP contribution in [-0.2, 0) is 7.05 Å². The molecule has 2 aromatic rings. The van der Waals surface area contributed by atoms with Crippen molar-refractivity contribution >= 4 is 17.2 Å². The molecular weight excluding hydrogens is 308 g/mol. The van der Waals surface area contributed by atoms with Gasteiger partial charge in [-0.3, -0.25) is 9.48 Å². The van der Waals surface area contributed by atoms with Crippen molar-refractivity contribution < 1.29 is 4.79 Å². The second kappa shape index (κ2) is 6.45. The lowest BCUT2D eigenvalue weighted by Crippen LogP contribution is -2.44. The molecule has 0 saturated carbocycles. The predicted octanol–water partition coefficient (Wildman–Crippen LogP) is 2.62. The molecule has 23 heavy (non-hydrogen) atoms. The van der Waals surface area contributed by atoms with Crippen molar-refractivity contribution in [2.75, 3.05) is 27.2 Å². The maximum atomic E-state index is 12.7. The molecule has 3 heterocycles. The van der Waals surface area contributed by atoms with E-state index in [2.05, 4.69) is 30.2 Å². The van der Waals surface area contributed by atoms with Crippen LogP contribution >= 0.6 is 11.3 Å². The first-order valence-corrected chi connectivity index (χ1v) is 8.84. The summed E-state index contributed by atoms with van der Waals surface area (Å²) in [5, 5.41) is 4.49. The summed E-state index contributed by atoms with van der Waals surface area (Å²) in [5.74, 6) is 0.158. The van der Waals surface area contributed by atoms with Gasteiger partial charge in [0.05, 0.1) is 9.75 Å². The standard InChI is InChI=1S/C17H24N4OS/c1-12-11-14(18-20(12)4)15-5-6-16(23-15)17(22)21-9-7-13(8-10-21)19(2)3/h5-6,11,13H,7-10H2,1-4H3. The molecule has 0 bridgehead atoms. The molecule has 0 unspecified atom stereocenters. The molecule has 3 rings (SSSR count). The fraction of sp³-hybridized carbons (Fsp3) is 0.529. The van der Waals surface area contributed by atoms with Crippen molar-refractivity contribution in [1.82, 2.24) is 19.6 Å². The molecule has 0 N–H and O–H groups in total. The zero-order valence-electron chi connectivity index (χ0n) is 14.2. The highest BCUT2D eigenvalue weighted by molar-refractivity contribution is 7.17. The Bertz CT molecular complexity index is 676. The van der Waals surface area contributed by atoms with Gasteiger partial charge in [-0.15, -0.1) is 11.3 Å². The molecule has 0 aromatic carbocycles. The van der Waals surface area contributed by atoms with Gasteiger partial charge in [-0.2, -0.15) is 5.10 Å². The van der Waals surface area contributed by atoms with Crippen molar-refractivity contribution in [2.45, 2.75) is 25.8 Å². The summed E-state index contributed by atoms with van der Waals surface area (Å²) in [6.07, 6.45) is 2.10. The van der Waals surface area contributed by atoms with Crippen molar-refractivity contribution in [3.63, 3.8) is 0 Å². The molecule has 5 nitrogen and oxygen atoms in total. The average molecular weight is 332 g/mol. The Morgan fingerprint density at radius 2 is 2.00 bits per heavy atom. The highest BCUT2D eigenvalue weighted by atomic mass is 32.1. The van der Waals surface area contributed by atoms with Gasteiger partial charge in [0.15, 0.2) is 0 Å². The van der Waals surface area contributed by atoms with E-state index in [4.69, 9.17) is 0 Å². The minimum absolute atomic E-state index is 0.158. The number of likely N-dealkylation sites (tertiary alicyclic amines) is 1. The van der Waals surface area contributed by atoms with Gasteiger partial charge in [-0.1, -0.05) is 0 Å². The number of thiophene rings is 1. The van der Waals surface area contributed by atoms with Crippen LogP contribution in [0.3, 0.4) is 0 Å². The van der Waals surface area contributed by atoms with Gasteiger partial charge in [0, 0.05) is 31.9 Å². The lowest BCUT2D eigenvalue weighted by molar-refractivity contribution is 0.0668. The van der Waals surface area contributed by atoms with E-state index < -0.39 is 0 Å². The number of nitrogens with zero attached hydrogens (tertiary/aromatic N) is 4. The third kappa shape index (κ3) is 3.33. The Hall–Kier alpha value is -1.66. The number of rotatable bonds is 3. The van der Waals surface area contributed by atoms with Crippen LogP contribution in [0.1, 0.15) is 28.2 Å². The molecule has 0 atom stereocenters. The van der Waals surface area contributed by atoms with E-state index in [1.54, 1.807) is 0 Å². The summed E-state index contributed by atoms with van der Waals surface area (Å²) in [5.41, 5.74) is 2.06. The van der Waals surface area contributed by atoms with Crippen LogP contribution in [0.25, 0.3) is 10.6 Å². The molecule has 0 spiro atoms. The van der Waals surface area contributed by atoms with Gasteiger partial charge in [0.25, 0.3) is 5.91 Å². The molecule has 1 amide bonds. The number of carbonyl (C=O) groups excluding carboxylic acids is 1. The van der Waals surface area contributed by atoms with Gasteiger partial charge in [-0.25, -0.2) is 0 Å². The lowest BCUT2D eigenvalue weighted by Gasteiger charge is -2.35. The molecule has 1 aliphatic heterocycles. The predicted molar refractivity (Wildman–Crippen MR) is 93.9 cm³/mol.